The summed E-state index contributed by atoms with van der Waals surface area (Å²) in [5, 5.41) is 5.24. The van der Waals surface area contributed by atoms with Crippen LogP contribution in [0.15, 0.2) is 54.6 Å². The predicted octanol–water partition coefficient (Wildman–Crippen LogP) is 1.54. The fourth-order valence-electron chi connectivity index (χ4n) is 1.94. The fourth-order valence-corrected chi connectivity index (χ4v) is 1.94. The highest BCUT2D eigenvalue weighted by atomic mass is 16.2. The topological polar surface area (TPSA) is 101 Å². The highest BCUT2D eigenvalue weighted by Gasteiger charge is 2.16. The van der Waals surface area contributed by atoms with Crippen LogP contribution in [-0.2, 0) is 4.79 Å². The van der Waals surface area contributed by atoms with Gasteiger partial charge in [-0.15, -0.1) is 0 Å². The van der Waals surface area contributed by atoms with Gasteiger partial charge >= 0.3 is 0 Å². The lowest BCUT2D eigenvalue weighted by molar-refractivity contribution is -0.117. The molecule has 2 aromatic carbocycles. The van der Waals surface area contributed by atoms with E-state index in [1.54, 1.807) is 55.5 Å². The number of carbonyl (C=O) groups excluding carboxylic acids is 3. The van der Waals surface area contributed by atoms with Gasteiger partial charge in [-0.25, -0.2) is 0 Å². The Balaban J connectivity index is 1.99. The number of anilines is 1. The molecule has 0 aromatic heterocycles. The van der Waals surface area contributed by atoms with E-state index in [4.69, 9.17) is 5.73 Å². The third kappa shape index (κ3) is 4.41. The Hall–Kier alpha value is -3.15. The van der Waals surface area contributed by atoms with Gasteiger partial charge in [0.05, 0.1) is 0 Å². The second-order valence-corrected chi connectivity index (χ2v) is 5.00. The van der Waals surface area contributed by atoms with Gasteiger partial charge in [-0.05, 0) is 37.3 Å². The smallest absolute Gasteiger partial charge is 0.251 e. The highest BCUT2D eigenvalue weighted by molar-refractivity contribution is 6.01. The fraction of sp³-hybridized carbons (Fsp3) is 0.118. The molecule has 4 N–H and O–H groups in total. The van der Waals surface area contributed by atoms with E-state index in [0.29, 0.717) is 16.8 Å². The van der Waals surface area contributed by atoms with Crippen LogP contribution in [0.5, 0.6) is 0 Å². The molecule has 1 atom stereocenters. The van der Waals surface area contributed by atoms with Gasteiger partial charge in [0, 0.05) is 16.8 Å². The lowest BCUT2D eigenvalue weighted by Crippen LogP contribution is -2.41. The highest BCUT2D eigenvalue weighted by Crippen LogP contribution is 2.10. The van der Waals surface area contributed by atoms with Crippen molar-refractivity contribution in [3.8, 4) is 0 Å². The van der Waals surface area contributed by atoms with Crippen LogP contribution in [0.2, 0.25) is 0 Å². The molecule has 0 bridgehead atoms. The van der Waals surface area contributed by atoms with Crippen molar-refractivity contribution in [1.82, 2.24) is 5.32 Å². The first-order chi connectivity index (χ1) is 11.0. The summed E-state index contributed by atoms with van der Waals surface area (Å²) in [6, 6.07) is 14.2. The summed E-state index contributed by atoms with van der Waals surface area (Å²) in [6.45, 7) is 1.58. The van der Waals surface area contributed by atoms with Crippen molar-refractivity contribution in [1.29, 1.82) is 0 Å². The van der Waals surface area contributed by atoms with Crippen LogP contribution in [0.4, 0.5) is 5.69 Å². The minimum atomic E-state index is -0.736. The Kier molecular flexibility index (Phi) is 5.09. The molecule has 0 aliphatic heterocycles. The quantitative estimate of drug-likeness (QED) is 0.780. The molecule has 0 heterocycles. The number of hydrogen-bond acceptors (Lipinski definition) is 3. The third-order valence-corrected chi connectivity index (χ3v) is 3.19. The molecule has 6 nitrogen and oxygen atoms in total. The molecular weight excluding hydrogens is 294 g/mol. The summed E-state index contributed by atoms with van der Waals surface area (Å²) in [6.07, 6.45) is 0. The van der Waals surface area contributed by atoms with Gasteiger partial charge in [0.2, 0.25) is 11.8 Å². The largest absolute Gasteiger partial charge is 0.366 e. The first-order valence-corrected chi connectivity index (χ1v) is 7.04. The van der Waals surface area contributed by atoms with Crippen molar-refractivity contribution < 1.29 is 14.4 Å². The van der Waals surface area contributed by atoms with Crippen molar-refractivity contribution in [3.05, 3.63) is 65.7 Å². The maximum atomic E-state index is 12.1. The summed E-state index contributed by atoms with van der Waals surface area (Å²) < 4.78 is 0. The number of nitrogens with two attached hydrogens (primary N) is 1. The number of nitrogens with one attached hydrogen (secondary N) is 2. The number of amides is 3. The van der Waals surface area contributed by atoms with Crippen LogP contribution in [0.25, 0.3) is 0 Å². The van der Waals surface area contributed by atoms with E-state index in [0.717, 1.165) is 0 Å². The lowest BCUT2D eigenvalue weighted by atomic mass is 10.1. The number of rotatable bonds is 5. The monoisotopic (exact) mass is 311 g/mol. The first kappa shape index (κ1) is 16.2. The molecule has 3 amide bonds. The molecule has 0 fully saturated rings. The van der Waals surface area contributed by atoms with E-state index >= 15 is 0 Å². The average Bonchev–Trinajstić information content (AvgIpc) is 2.55. The second kappa shape index (κ2) is 7.22. The average molecular weight is 311 g/mol. The number of hydrogen-bond donors (Lipinski definition) is 3. The van der Waals surface area contributed by atoms with Crippen molar-refractivity contribution in [2.24, 2.45) is 5.73 Å². The van der Waals surface area contributed by atoms with Crippen molar-refractivity contribution in [2.75, 3.05) is 5.32 Å². The number of primary amides is 1. The van der Waals surface area contributed by atoms with Gasteiger partial charge in [0.15, 0.2) is 0 Å². The van der Waals surface area contributed by atoms with Crippen LogP contribution in [0, 0.1) is 0 Å². The minimum absolute atomic E-state index is 0.295. The van der Waals surface area contributed by atoms with E-state index in [1.807, 2.05) is 0 Å². The number of benzene rings is 2. The van der Waals surface area contributed by atoms with Gasteiger partial charge in [-0.1, -0.05) is 24.3 Å². The zero-order chi connectivity index (χ0) is 16.8. The summed E-state index contributed by atoms with van der Waals surface area (Å²) in [5.41, 5.74) is 6.40. The molecule has 2 aromatic rings. The zero-order valence-corrected chi connectivity index (χ0v) is 12.6. The standard InChI is InChI=1S/C17H17N3O3/c1-11(19-17(23)12-6-3-2-4-7-12)16(22)20-14-9-5-8-13(10-14)15(18)21/h2-11H,1H3,(H2,18,21)(H,19,23)(H,20,22)/t11-/m0/s1. The number of carbonyl (C=O) groups is 3. The van der Waals surface area contributed by atoms with Crippen LogP contribution in [-0.4, -0.2) is 23.8 Å². The van der Waals surface area contributed by atoms with Crippen molar-refractivity contribution >= 4 is 23.4 Å². The van der Waals surface area contributed by atoms with Crippen molar-refractivity contribution in [2.45, 2.75) is 13.0 Å². The Morgan fingerprint density at radius 2 is 1.61 bits per heavy atom. The summed E-state index contributed by atoms with van der Waals surface area (Å²) in [5.74, 6) is -1.30. The van der Waals surface area contributed by atoms with Gasteiger partial charge in [0.1, 0.15) is 6.04 Å². The Morgan fingerprint density at radius 3 is 2.26 bits per heavy atom. The maximum Gasteiger partial charge on any atom is 0.251 e. The first-order valence-electron chi connectivity index (χ1n) is 7.04. The summed E-state index contributed by atoms with van der Waals surface area (Å²) >= 11 is 0. The van der Waals surface area contributed by atoms with Gasteiger partial charge in [0.25, 0.3) is 5.91 Å². The molecule has 0 radical (unpaired) electrons. The third-order valence-electron chi connectivity index (χ3n) is 3.19. The van der Waals surface area contributed by atoms with Crippen LogP contribution in [0.3, 0.4) is 0 Å². The van der Waals surface area contributed by atoms with Gasteiger partial charge in [-0.3, -0.25) is 14.4 Å². The molecule has 0 spiro atoms. The molecule has 0 aliphatic rings. The maximum absolute atomic E-state index is 12.1. The van der Waals surface area contributed by atoms with E-state index in [1.165, 1.54) is 6.07 Å². The van der Waals surface area contributed by atoms with Crippen LogP contribution >= 0.6 is 0 Å². The Labute approximate surface area is 133 Å². The molecule has 6 heteroatoms. The van der Waals surface area contributed by atoms with Crippen molar-refractivity contribution in [3.63, 3.8) is 0 Å². The summed E-state index contributed by atoms with van der Waals surface area (Å²) in [7, 11) is 0. The Bertz CT molecular complexity index is 729. The lowest BCUT2D eigenvalue weighted by Gasteiger charge is -2.14. The molecule has 23 heavy (non-hydrogen) atoms. The van der Waals surface area contributed by atoms with Crippen LogP contribution < -0.4 is 16.4 Å². The molecule has 0 unspecified atom stereocenters. The molecule has 0 aliphatic carbocycles. The molecule has 2 rings (SSSR count). The molecule has 0 saturated carbocycles. The SMILES string of the molecule is C[C@H](NC(=O)c1ccccc1)C(=O)Nc1cccc(C(N)=O)c1. The van der Waals surface area contributed by atoms with E-state index in [9.17, 15) is 14.4 Å². The Morgan fingerprint density at radius 1 is 0.957 bits per heavy atom. The van der Waals surface area contributed by atoms with Gasteiger partial charge < -0.3 is 16.4 Å². The molecule has 118 valence electrons. The van der Waals surface area contributed by atoms with E-state index in [2.05, 4.69) is 10.6 Å². The van der Waals surface area contributed by atoms with Crippen LogP contribution in [0.1, 0.15) is 27.6 Å². The second-order valence-electron chi connectivity index (χ2n) is 5.00. The minimum Gasteiger partial charge on any atom is -0.366 e. The van der Waals surface area contributed by atoms with E-state index in [-0.39, 0.29) is 5.91 Å². The predicted molar refractivity (Wildman–Crippen MR) is 87.0 cm³/mol. The summed E-state index contributed by atoms with van der Waals surface area (Å²) in [4.78, 5) is 35.2. The molecule has 0 saturated heterocycles. The normalized spacial score (nSPS) is 11.3. The molecular formula is C17H17N3O3. The zero-order valence-electron chi connectivity index (χ0n) is 12.6. The van der Waals surface area contributed by atoms with E-state index < -0.39 is 17.9 Å². The van der Waals surface area contributed by atoms with Gasteiger partial charge in [-0.2, -0.15) is 0 Å².